The van der Waals surface area contributed by atoms with Gasteiger partial charge >= 0.3 is 0 Å². The number of rotatable bonds is 5. The highest BCUT2D eigenvalue weighted by atomic mass is 32.1. The second-order valence-corrected chi connectivity index (χ2v) is 9.44. The maximum Gasteiger partial charge on any atom is 0.228 e. The van der Waals surface area contributed by atoms with Crippen LogP contribution >= 0.6 is 11.3 Å². The minimum Gasteiger partial charge on any atom is -0.369 e. The second-order valence-electron chi connectivity index (χ2n) is 8.49. The average molecular weight is 426 g/mol. The summed E-state index contributed by atoms with van der Waals surface area (Å²) in [5.41, 5.74) is 7.33. The number of hydrogen-bond donors (Lipinski definition) is 1. The molecule has 4 rings (SSSR count). The number of hydrogen-bond acceptors (Lipinski definition) is 4. The number of nitrogens with two attached hydrogens (primary N) is 1. The molecule has 3 amide bonds. The van der Waals surface area contributed by atoms with Gasteiger partial charge in [0.25, 0.3) is 0 Å². The summed E-state index contributed by atoms with van der Waals surface area (Å²) in [6.45, 7) is 1.36. The van der Waals surface area contributed by atoms with E-state index in [9.17, 15) is 14.4 Å². The maximum absolute atomic E-state index is 13.1. The monoisotopic (exact) mass is 425 g/mol. The Hall–Kier alpha value is -2.67. The predicted octanol–water partition coefficient (Wildman–Crippen LogP) is 2.53. The molecule has 6 nitrogen and oxygen atoms in total. The van der Waals surface area contributed by atoms with Gasteiger partial charge in [-0.15, -0.1) is 11.3 Å². The van der Waals surface area contributed by atoms with Crippen LogP contribution in [0.5, 0.6) is 0 Å². The molecule has 2 saturated heterocycles. The van der Waals surface area contributed by atoms with Gasteiger partial charge in [0.2, 0.25) is 17.7 Å². The topological polar surface area (TPSA) is 83.7 Å². The van der Waals surface area contributed by atoms with Crippen molar-refractivity contribution in [3.63, 3.8) is 0 Å². The second kappa shape index (κ2) is 8.22. The molecule has 2 fully saturated rings. The van der Waals surface area contributed by atoms with Crippen LogP contribution in [0.3, 0.4) is 0 Å². The zero-order chi connectivity index (χ0) is 21.3. The van der Waals surface area contributed by atoms with E-state index in [-0.39, 0.29) is 30.1 Å². The highest BCUT2D eigenvalue weighted by molar-refractivity contribution is 7.13. The molecular weight excluding hydrogens is 398 g/mol. The lowest BCUT2D eigenvalue weighted by Crippen LogP contribution is -2.54. The fourth-order valence-electron chi connectivity index (χ4n) is 4.75. The highest BCUT2D eigenvalue weighted by Gasteiger charge is 2.44. The molecule has 2 aliphatic heterocycles. The van der Waals surface area contributed by atoms with Crippen LogP contribution in [0.25, 0.3) is 10.4 Å². The van der Waals surface area contributed by atoms with Gasteiger partial charge in [-0.3, -0.25) is 14.4 Å². The van der Waals surface area contributed by atoms with Crippen molar-refractivity contribution in [2.75, 3.05) is 26.7 Å². The number of primary amides is 1. The Kier molecular flexibility index (Phi) is 5.64. The number of piperidine rings is 1. The summed E-state index contributed by atoms with van der Waals surface area (Å²) < 4.78 is 0. The Morgan fingerprint density at radius 3 is 2.70 bits per heavy atom. The van der Waals surface area contributed by atoms with Gasteiger partial charge in [0.1, 0.15) is 0 Å². The maximum atomic E-state index is 13.1. The van der Waals surface area contributed by atoms with E-state index in [1.165, 1.54) is 0 Å². The minimum atomic E-state index is -0.796. The van der Waals surface area contributed by atoms with E-state index < -0.39 is 5.41 Å². The number of benzene rings is 1. The highest BCUT2D eigenvalue weighted by Crippen LogP contribution is 2.38. The molecule has 0 unspecified atom stereocenters. The number of amides is 3. The zero-order valence-corrected chi connectivity index (χ0v) is 18.0. The average Bonchev–Trinajstić information content (AvgIpc) is 3.38. The van der Waals surface area contributed by atoms with Crippen molar-refractivity contribution in [1.82, 2.24) is 9.80 Å². The number of carbonyl (C=O) groups is 3. The Bertz CT molecular complexity index is 958. The van der Waals surface area contributed by atoms with Gasteiger partial charge in [0, 0.05) is 38.0 Å². The third kappa shape index (κ3) is 3.86. The van der Waals surface area contributed by atoms with Gasteiger partial charge in [0.05, 0.1) is 11.3 Å². The molecule has 0 spiro atoms. The van der Waals surface area contributed by atoms with Crippen molar-refractivity contribution in [2.24, 2.45) is 17.1 Å². The zero-order valence-electron chi connectivity index (χ0n) is 17.2. The number of nitrogens with zero attached hydrogens (tertiary/aromatic N) is 2. The van der Waals surface area contributed by atoms with Crippen molar-refractivity contribution in [1.29, 1.82) is 0 Å². The Morgan fingerprint density at radius 2 is 2.03 bits per heavy atom. The lowest BCUT2D eigenvalue weighted by molar-refractivity contribution is -0.143. The minimum absolute atomic E-state index is 0.00333. The first-order chi connectivity index (χ1) is 14.4. The molecule has 158 valence electrons. The molecule has 0 bridgehead atoms. The summed E-state index contributed by atoms with van der Waals surface area (Å²) in [5.74, 6) is -0.730. The molecule has 7 heteroatoms. The van der Waals surface area contributed by atoms with E-state index >= 15 is 0 Å². The first-order valence-corrected chi connectivity index (χ1v) is 11.2. The largest absolute Gasteiger partial charge is 0.369 e. The van der Waals surface area contributed by atoms with Gasteiger partial charge in [-0.25, -0.2) is 0 Å². The third-order valence-electron chi connectivity index (χ3n) is 6.43. The molecule has 3 heterocycles. The first-order valence-electron chi connectivity index (χ1n) is 10.3. The van der Waals surface area contributed by atoms with Crippen molar-refractivity contribution in [3.8, 4) is 10.4 Å². The van der Waals surface area contributed by atoms with Gasteiger partial charge in [-0.05, 0) is 41.8 Å². The Labute approximate surface area is 180 Å². The molecule has 2 atom stereocenters. The molecule has 2 N–H and O–H groups in total. The molecule has 0 saturated carbocycles. The van der Waals surface area contributed by atoms with Crippen LogP contribution in [0.1, 0.15) is 24.8 Å². The number of thiophene rings is 1. The van der Waals surface area contributed by atoms with E-state index in [0.29, 0.717) is 32.5 Å². The molecule has 1 aromatic carbocycles. The fraction of sp³-hybridized carbons (Fsp3) is 0.435. The Balaban J connectivity index is 1.59. The van der Waals surface area contributed by atoms with E-state index in [1.807, 2.05) is 29.6 Å². The van der Waals surface area contributed by atoms with Crippen molar-refractivity contribution >= 4 is 29.1 Å². The van der Waals surface area contributed by atoms with Crippen LogP contribution in [-0.4, -0.2) is 54.2 Å². The molecular formula is C23H27N3O3S. The van der Waals surface area contributed by atoms with Gasteiger partial charge in [-0.2, -0.15) is 0 Å². The summed E-state index contributed by atoms with van der Waals surface area (Å²) in [4.78, 5) is 42.2. The standard InChI is InChI=1S/C23H27N3O3S/c1-25-14-17(12-20(25)27)21(28)26-10-5-9-23(15-26,22(24)29)13-16-6-2-3-7-18(16)19-8-4-11-30-19/h2-4,6-8,11,17H,5,9-10,12-15H2,1H3,(H2,24,29)/t17-,23+/m1/s1. The summed E-state index contributed by atoms with van der Waals surface area (Å²) in [7, 11) is 1.72. The van der Waals surface area contributed by atoms with Crippen LogP contribution < -0.4 is 5.73 Å². The molecule has 2 aliphatic rings. The van der Waals surface area contributed by atoms with Crippen molar-refractivity contribution < 1.29 is 14.4 Å². The molecule has 1 aromatic heterocycles. The number of likely N-dealkylation sites (tertiary alicyclic amines) is 2. The van der Waals surface area contributed by atoms with E-state index in [2.05, 4.69) is 12.1 Å². The lowest BCUT2D eigenvalue weighted by Gasteiger charge is -2.42. The SMILES string of the molecule is CN1C[C@H](C(=O)N2CCC[C@@](Cc3ccccc3-c3cccs3)(C(N)=O)C2)CC1=O. The smallest absolute Gasteiger partial charge is 0.228 e. The van der Waals surface area contributed by atoms with Crippen LogP contribution in [-0.2, 0) is 20.8 Å². The van der Waals surface area contributed by atoms with Crippen LogP contribution in [0.2, 0.25) is 0 Å². The van der Waals surface area contributed by atoms with Crippen LogP contribution in [0.15, 0.2) is 41.8 Å². The summed E-state index contributed by atoms with van der Waals surface area (Å²) >= 11 is 1.66. The summed E-state index contributed by atoms with van der Waals surface area (Å²) in [6, 6.07) is 12.2. The van der Waals surface area contributed by atoms with Gasteiger partial charge in [-0.1, -0.05) is 30.3 Å². The summed E-state index contributed by atoms with van der Waals surface area (Å²) in [6.07, 6.45) is 2.14. The normalized spacial score (nSPS) is 24.3. The Morgan fingerprint density at radius 1 is 1.23 bits per heavy atom. The van der Waals surface area contributed by atoms with E-state index in [1.54, 1.807) is 28.2 Å². The van der Waals surface area contributed by atoms with Crippen LogP contribution in [0.4, 0.5) is 0 Å². The van der Waals surface area contributed by atoms with Crippen molar-refractivity contribution in [3.05, 3.63) is 47.3 Å². The van der Waals surface area contributed by atoms with Crippen LogP contribution in [0, 0.1) is 11.3 Å². The quantitative estimate of drug-likeness (QED) is 0.799. The molecule has 0 aliphatic carbocycles. The third-order valence-corrected chi connectivity index (χ3v) is 7.34. The number of carbonyl (C=O) groups excluding carboxylic acids is 3. The van der Waals surface area contributed by atoms with E-state index in [4.69, 9.17) is 5.73 Å². The van der Waals surface area contributed by atoms with Gasteiger partial charge in [0.15, 0.2) is 0 Å². The lowest BCUT2D eigenvalue weighted by atomic mass is 9.73. The van der Waals surface area contributed by atoms with E-state index in [0.717, 1.165) is 22.4 Å². The molecule has 2 aromatic rings. The predicted molar refractivity (Wildman–Crippen MR) is 117 cm³/mol. The van der Waals surface area contributed by atoms with Gasteiger partial charge < -0.3 is 15.5 Å². The first kappa shape index (κ1) is 20.6. The summed E-state index contributed by atoms with van der Waals surface area (Å²) in [5, 5.41) is 2.04. The fourth-order valence-corrected chi connectivity index (χ4v) is 5.54. The van der Waals surface area contributed by atoms with Crippen molar-refractivity contribution in [2.45, 2.75) is 25.7 Å². The molecule has 0 radical (unpaired) electrons. The molecule has 30 heavy (non-hydrogen) atoms.